The molecule has 0 spiro atoms. The number of rotatable bonds is 4. The molecule has 0 saturated carbocycles. The number of hydrogen-bond acceptors (Lipinski definition) is 4. The van der Waals surface area contributed by atoms with Crippen molar-refractivity contribution in [3.8, 4) is 0 Å². The van der Waals surface area contributed by atoms with Crippen molar-refractivity contribution in [2.75, 3.05) is 13.1 Å². The molecule has 24 heavy (non-hydrogen) atoms. The van der Waals surface area contributed by atoms with Gasteiger partial charge in [-0.1, -0.05) is 6.07 Å². The number of H-pyrrole nitrogens is 1. The molecule has 3 heterocycles. The van der Waals surface area contributed by atoms with Gasteiger partial charge in [-0.2, -0.15) is 5.10 Å². The van der Waals surface area contributed by atoms with Gasteiger partial charge in [-0.15, -0.1) is 11.3 Å². The zero-order valence-electron chi connectivity index (χ0n) is 13.9. The quantitative estimate of drug-likeness (QED) is 0.892. The van der Waals surface area contributed by atoms with Gasteiger partial charge >= 0.3 is 0 Å². The molecule has 0 aliphatic carbocycles. The van der Waals surface area contributed by atoms with Gasteiger partial charge in [0.1, 0.15) is 5.54 Å². The zero-order chi connectivity index (χ0) is 17.2. The summed E-state index contributed by atoms with van der Waals surface area (Å²) >= 11 is 1.37. The standard InChI is InChI=1S/C17H22N4O2S/c1-17(2,19-15(22)14-6-4-10-24-14)16(23)21-9-3-5-12(11-21)13-7-8-18-20-13/h4,6-8,10,12H,3,5,9,11H2,1-2H3,(H,18,20)(H,19,22)/t12-/m0/s1. The molecule has 3 rings (SSSR count). The summed E-state index contributed by atoms with van der Waals surface area (Å²) in [5, 5.41) is 11.7. The van der Waals surface area contributed by atoms with Crippen LogP contribution in [0.15, 0.2) is 29.8 Å². The molecule has 0 bridgehead atoms. The predicted molar refractivity (Wildman–Crippen MR) is 93.0 cm³/mol. The molecule has 2 N–H and O–H groups in total. The van der Waals surface area contributed by atoms with Gasteiger partial charge in [0.2, 0.25) is 5.91 Å². The molecule has 0 radical (unpaired) electrons. The average molecular weight is 346 g/mol. The van der Waals surface area contributed by atoms with E-state index in [-0.39, 0.29) is 17.7 Å². The molecule has 7 heteroatoms. The molecule has 6 nitrogen and oxygen atoms in total. The lowest BCUT2D eigenvalue weighted by atomic mass is 9.93. The van der Waals surface area contributed by atoms with Gasteiger partial charge in [0.15, 0.2) is 0 Å². The minimum absolute atomic E-state index is 0.0448. The number of hydrogen-bond donors (Lipinski definition) is 2. The summed E-state index contributed by atoms with van der Waals surface area (Å²) in [4.78, 5) is 27.7. The Bertz CT molecular complexity index is 694. The van der Waals surface area contributed by atoms with Crippen LogP contribution in [-0.2, 0) is 4.79 Å². The molecule has 2 aromatic rings. The molecule has 1 saturated heterocycles. The normalized spacial score (nSPS) is 18.4. The fraction of sp³-hybridized carbons (Fsp3) is 0.471. The summed E-state index contributed by atoms with van der Waals surface area (Å²) in [5.41, 5.74) is 0.129. The number of likely N-dealkylation sites (tertiary alicyclic amines) is 1. The topological polar surface area (TPSA) is 78.1 Å². The van der Waals surface area contributed by atoms with E-state index in [1.54, 1.807) is 26.1 Å². The number of nitrogens with one attached hydrogen (secondary N) is 2. The van der Waals surface area contributed by atoms with Crippen LogP contribution in [0, 0.1) is 0 Å². The van der Waals surface area contributed by atoms with Crippen LogP contribution in [0.3, 0.4) is 0 Å². The maximum Gasteiger partial charge on any atom is 0.262 e. The summed E-state index contributed by atoms with van der Waals surface area (Å²) in [6.45, 7) is 4.91. The maximum atomic E-state index is 12.9. The number of carbonyl (C=O) groups is 2. The summed E-state index contributed by atoms with van der Waals surface area (Å²) in [6.07, 6.45) is 3.72. The van der Waals surface area contributed by atoms with Crippen molar-refractivity contribution in [1.82, 2.24) is 20.4 Å². The highest BCUT2D eigenvalue weighted by molar-refractivity contribution is 7.12. The summed E-state index contributed by atoms with van der Waals surface area (Å²) in [5.74, 6) is 0.0242. The van der Waals surface area contributed by atoms with Crippen LogP contribution in [-0.4, -0.2) is 45.5 Å². The molecule has 1 aliphatic heterocycles. The molecular formula is C17H22N4O2S. The molecule has 128 valence electrons. The van der Waals surface area contributed by atoms with E-state index in [1.807, 2.05) is 22.4 Å². The Morgan fingerprint density at radius 1 is 1.42 bits per heavy atom. The van der Waals surface area contributed by atoms with E-state index in [4.69, 9.17) is 0 Å². The predicted octanol–water partition coefficient (Wildman–Crippen LogP) is 2.39. The second kappa shape index (κ2) is 6.76. The Morgan fingerprint density at radius 2 is 2.25 bits per heavy atom. The van der Waals surface area contributed by atoms with Crippen LogP contribution in [0.1, 0.15) is 48.0 Å². The molecule has 0 unspecified atom stereocenters. The number of carbonyl (C=O) groups excluding carboxylic acids is 2. The Kier molecular flexibility index (Phi) is 4.71. The molecule has 2 amide bonds. The number of piperidine rings is 1. The van der Waals surface area contributed by atoms with Crippen molar-refractivity contribution in [3.63, 3.8) is 0 Å². The number of amides is 2. The lowest BCUT2D eigenvalue weighted by molar-refractivity contribution is -0.138. The monoisotopic (exact) mass is 346 g/mol. The van der Waals surface area contributed by atoms with Crippen LogP contribution < -0.4 is 5.32 Å². The first kappa shape index (κ1) is 16.7. The van der Waals surface area contributed by atoms with Crippen molar-refractivity contribution in [2.24, 2.45) is 0 Å². The first-order chi connectivity index (χ1) is 11.5. The lowest BCUT2D eigenvalue weighted by Crippen LogP contribution is -2.57. The molecule has 0 aromatic carbocycles. The SMILES string of the molecule is CC(C)(NC(=O)c1cccs1)C(=O)N1CCC[C@H](c2ccn[nH]2)C1. The van der Waals surface area contributed by atoms with E-state index in [9.17, 15) is 9.59 Å². The van der Waals surface area contributed by atoms with E-state index in [2.05, 4.69) is 15.5 Å². The van der Waals surface area contributed by atoms with Crippen molar-refractivity contribution in [2.45, 2.75) is 38.1 Å². The third-order valence-corrected chi connectivity index (χ3v) is 5.25. The fourth-order valence-electron chi connectivity index (χ4n) is 3.11. The lowest BCUT2D eigenvalue weighted by Gasteiger charge is -2.37. The largest absolute Gasteiger partial charge is 0.340 e. The van der Waals surface area contributed by atoms with Gasteiger partial charge < -0.3 is 10.2 Å². The molecule has 1 atom stereocenters. The minimum Gasteiger partial charge on any atom is -0.340 e. The highest BCUT2D eigenvalue weighted by Crippen LogP contribution is 2.26. The zero-order valence-corrected chi connectivity index (χ0v) is 14.7. The van der Waals surface area contributed by atoms with Gasteiger partial charge in [0.25, 0.3) is 5.91 Å². The van der Waals surface area contributed by atoms with Crippen molar-refractivity contribution < 1.29 is 9.59 Å². The Morgan fingerprint density at radius 3 is 2.92 bits per heavy atom. The first-order valence-electron chi connectivity index (χ1n) is 8.12. The van der Waals surface area contributed by atoms with Gasteiger partial charge in [-0.05, 0) is 44.2 Å². The number of aromatic amines is 1. The number of nitrogens with zero attached hydrogens (tertiary/aromatic N) is 2. The first-order valence-corrected chi connectivity index (χ1v) is 9.00. The van der Waals surface area contributed by atoms with Gasteiger partial charge in [-0.3, -0.25) is 14.7 Å². The Balaban J connectivity index is 1.66. The molecule has 1 aliphatic rings. The Labute approximate surface area is 145 Å². The number of thiophene rings is 1. The van der Waals surface area contributed by atoms with E-state index >= 15 is 0 Å². The van der Waals surface area contributed by atoms with E-state index in [0.717, 1.165) is 25.1 Å². The van der Waals surface area contributed by atoms with Crippen molar-refractivity contribution in [3.05, 3.63) is 40.3 Å². The highest BCUT2D eigenvalue weighted by atomic mass is 32.1. The van der Waals surface area contributed by atoms with Crippen LogP contribution in [0.2, 0.25) is 0 Å². The van der Waals surface area contributed by atoms with Crippen molar-refractivity contribution >= 4 is 23.2 Å². The minimum atomic E-state index is -0.934. The van der Waals surface area contributed by atoms with Crippen LogP contribution in [0.4, 0.5) is 0 Å². The van der Waals surface area contributed by atoms with Crippen molar-refractivity contribution in [1.29, 1.82) is 0 Å². The van der Waals surface area contributed by atoms with Gasteiger partial charge in [0, 0.05) is 30.9 Å². The van der Waals surface area contributed by atoms with E-state index in [0.29, 0.717) is 11.4 Å². The molecule has 2 aromatic heterocycles. The van der Waals surface area contributed by atoms with Crippen LogP contribution in [0.5, 0.6) is 0 Å². The van der Waals surface area contributed by atoms with Crippen LogP contribution >= 0.6 is 11.3 Å². The smallest absolute Gasteiger partial charge is 0.262 e. The summed E-state index contributed by atoms with van der Waals surface area (Å²) in [6, 6.07) is 5.55. The fourth-order valence-corrected chi connectivity index (χ4v) is 3.73. The second-order valence-electron chi connectivity index (χ2n) is 6.66. The maximum absolute atomic E-state index is 12.9. The van der Waals surface area contributed by atoms with Gasteiger partial charge in [-0.25, -0.2) is 0 Å². The number of aromatic nitrogens is 2. The van der Waals surface area contributed by atoms with Gasteiger partial charge in [0.05, 0.1) is 4.88 Å². The third kappa shape index (κ3) is 3.51. The average Bonchev–Trinajstić information content (AvgIpc) is 3.27. The van der Waals surface area contributed by atoms with Crippen LogP contribution in [0.25, 0.3) is 0 Å². The van der Waals surface area contributed by atoms with E-state index < -0.39 is 5.54 Å². The summed E-state index contributed by atoms with van der Waals surface area (Å²) in [7, 11) is 0. The molecule has 1 fully saturated rings. The Hall–Kier alpha value is -2.15. The summed E-state index contributed by atoms with van der Waals surface area (Å²) < 4.78 is 0. The molecular weight excluding hydrogens is 324 g/mol. The second-order valence-corrected chi connectivity index (χ2v) is 7.61. The van der Waals surface area contributed by atoms with E-state index in [1.165, 1.54) is 11.3 Å². The highest BCUT2D eigenvalue weighted by Gasteiger charge is 2.36. The third-order valence-electron chi connectivity index (χ3n) is 4.38.